The van der Waals surface area contributed by atoms with Crippen molar-refractivity contribution in [3.05, 3.63) is 0 Å². The van der Waals surface area contributed by atoms with Gasteiger partial charge in [-0.25, -0.2) is 0 Å². The summed E-state index contributed by atoms with van der Waals surface area (Å²) in [5, 5.41) is 10.0. The Hall–Kier alpha value is -0.540. The van der Waals surface area contributed by atoms with Crippen LogP contribution in [0.3, 0.4) is 0 Å². The quantitative estimate of drug-likeness (QED) is 0.273. The zero-order chi connectivity index (χ0) is 22.2. The highest BCUT2D eigenvalue weighted by atomic mass is 19.4. The number of aliphatic hydroxyl groups is 1. The van der Waals surface area contributed by atoms with Gasteiger partial charge in [-0.3, -0.25) is 0 Å². The third-order valence-electron chi connectivity index (χ3n) is 4.99. The van der Waals surface area contributed by atoms with Crippen molar-refractivity contribution in [2.75, 3.05) is 13.2 Å². The average Bonchev–Trinajstić information content (AvgIpc) is 2.49. The van der Waals surface area contributed by atoms with Gasteiger partial charge in [-0.2, -0.15) is 26.3 Å². The summed E-state index contributed by atoms with van der Waals surface area (Å²) in [6.07, 6.45) is -6.28. The SMILES string of the molecule is CC(C)CCCC(C)(C)[C@@H](C)CCCC(O)(OCC(F)(F)F)OCC(F)(F)F. The first-order chi connectivity index (χ1) is 12.5. The minimum atomic E-state index is -4.79. The molecule has 9 heteroatoms. The van der Waals surface area contributed by atoms with E-state index < -0.39 is 38.0 Å². The van der Waals surface area contributed by atoms with E-state index in [1.54, 1.807) is 0 Å². The Bertz CT molecular complexity index is 414. The lowest BCUT2D eigenvalue weighted by Gasteiger charge is -2.34. The Morgan fingerprint density at radius 2 is 1.18 bits per heavy atom. The Balaban J connectivity index is 4.69. The number of halogens is 6. The van der Waals surface area contributed by atoms with Gasteiger partial charge in [-0.15, -0.1) is 0 Å². The predicted molar refractivity (Wildman–Crippen MR) is 94.4 cm³/mol. The van der Waals surface area contributed by atoms with Crippen LogP contribution in [-0.4, -0.2) is 36.6 Å². The van der Waals surface area contributed by atoms with Gasteiger partial charge in [0.2, 0.25) is 0 Å². The van der Waals surface area contributed by atoms with Crippen molar-refractivity contribution in [2.24, 2.45) is 17.3 Å². The van der Waals surface area contributed by atoms with Crippen LogP contribution >= 0.6 is 0 Å². The number of hydrogen-bond donors (Lipinski definition) is 1. The lowest BCUT2D eigenvalue weighted by Crippen LogP contribution is -2.41. The Morgan fingerprint density at radius 3 is 1.57 bits per heavy atom. The van der Waals surface area contributed by atoms with Crippen molar-refractivity contribution < 1.29 is 40.9 Å². The minimum absolute atomic E-state index is 0.0351. The maximum atomic E-state index is 12.3. The Morgan fingerprint density at radius 1 is 0.750 bits per heavy atom. The highest BCUT2D eigenvalue weighted by Gasteiger charge is 2.40. The molecule has 0 saturated heterocycles. The van der Waals surface area contributed by atoms with E-state index in [0.29, 0.717) is 12.3 Å². The summed E-state index contributed by atoms with van der Waals surface area (Å²) in [6.45, 7) is 6.66. The van der Waals surface area contributed by atoms with E-state index in [1.165, 1.54) is 0 Å². The van der Waals surface area contributed by atoms with Crippen LogP contribution in [0.15, 0.2) is 0 Å². The first kappa shape index (κ1) is 27.5. The molecule has 0 aliphatic heterocycles. The average molecular weight is 424 g/mol. The maximum absolute atomic E-state index is 12.3. The fourth-order valence-electron chi connectivity index (χ4n) is 2.81. The van der Waals surface area contributed by atoms with Crippen molar-refractivity contribution in [3.63, 3.8) is 0 Å². The summed E-state index contributed by atoms with van der Waals surface area (Å²) in [6, 6.07) is 0. The molecule has 1 N–H and O–H groups in total. The second-order valence-corrected chi connectivity index (χ2v) is 8.59. The van der Waals surface area contributed by atoms with Crippen molar-refractivity contribution in [2.45, 2.75) is 91.5 Å². The van der Waals surface area contributed by atoms with Gasteiger partial charge in [0.05, 0.1) is 0 Å². The van der Waals surface area contributed by atoms with Gasteiger partial charge < -0.3 is 14.6 Å². The number of hydrogen-bond acceptors (Lipinski definition) is 3. The largest absolute Gasteiger partial charge is 0.412 e. The van der Waals surface area contributed by atoms with Gasteiger partial charge in [0.15, 0.2) is 0 Å². The second kappa shape index (κ2) is 11.0. The second-order valence-electron chi connectivity index (χ2n) is 8.59. The molecule has 0 bridgehead atoms. The Kier molecular flexibility index (Phi) is 10.8. The van der Waals surface area contributed by atoms with Gasteiger partial charge in [0.1, 0.15) is 13.2 Å². The highest BCUT2D eigenvalue weighted by Crippen LogP contribution is 2.37. The number of ether oxygens (including phenoxy) is 2. The van der Waals surface area contributed by atoms with E-state index in [-0.39, 0.29) is 17.8 Å². The summed E-state index contributed by atoms with van der Waals surface area (Å²) >= 11 is 0. The molecule has 0 fully saturated rings. The van der Waals surface area contributed by atoms with Gasteiger partial charge in [0, 0.05) is 6.42 Å². The van der Waals surface area contributed by atoms with Gasteiger partial charge in [0.25, 0.3) is 5.97 Å². The molecule has 0 spiro atoms. The summed E-state index contributed by atoms with van der Waals surface area (Å²) in [7, 11) is 0. The fourth-order valence-corrected chi connectivity index (χ4v) is 2.81. The number of alkyl halides is 6. The van der Waals surface area contributed by atoms with Gasteiger partial charge >= 0.3 is 12.4 Å². The topological polar surface area (TPSA) is 38.7 Å². The Labute approximate surface area is 163 Å². The van der Waals surface area contributed by atoms with Crippen LogP contribution < -0.4 is 0 Å². The summed E-state index contributed by atoms with van der Waals surface area (Å²) in [4.78, 5) is 0. The van der Waals surface area contributed by atoms with Crippen LogP contribution in [0.2, 0.25) is 0 Å². The molecule has 0 heterocycles. The number of rotatable bonds is 13. The van der Waals surface area contributed by atoms with Crippen molar-refractivity contribution >= 4 is 0 Å². The summed E-state index contributed by atoms with van der Waals surface area (Å²) < 4.78 is 82.5. The van der Waals surface area contributed by atoms with Crippen molar-refractivity contribution in [1.29, 1.82) is 0 Å². The molecule has 0 aromatic heterocycles. The molecule has 170 valence electrons. The van der Waals surface area contributed by atoms with Crippen LogP contribution in [-0.2, 0) is 9.47 Å². The third kappa shape index (κ3) is 13.6. The van der Waals surface area contributed by atoms with Crippen LogP contribution in [0.1, 0.15) is 73.1 Å². The highest BCUT2D eigenvalue weighted by molar-refractivity contribution is 4.76. The van der Waals surface area contributed by atoms with E-state index in [2.05, 4.69) is 37.2 Å². The molecule has 0 rings (SSSR count). The maximum Gasteiger partial charge on any atom is 0.412 e. The lowest BCUT2D eigenvalue weighted by atomic mass is 9.73. The standard InChI is InChI=1S/C19H34F6O3/c1-14(2)8-6-10-16(4,5)15(3)9-7-11-19(26,27-12-17(20,21)22)28-13-18(23,24)25/h14-15,26H,6-13H2,1-5H3/t15-/m0/s1. The van der Waals surface area contributed by atoms with Gasteiger partial charge in [-0.1, -0.05) is 47.5 Å². The zero-order valence-corrected chi connectivity index (χ0v) is 17.3. The van der Waals surface area contributed by atoms with Crippen LogP contribution in [0.4, 0.5) is 26.3 Å². The molecular weight excluding hydrogens is 390 g/mol. The molecule has 0 aromatic rings. The summed E-state index contributed by atoms with van der Waals surface area (Å²) in [5.41, 5.74) is -0.0351. The van der Waals surface area contributed by atoms with Crippen LogP contribution in [0.5, 0.6) is 0 Å². The molecule has 0 radical (unpaired) electrons. The summed E-state index contributed by atoms with van der Waals surface area (Å²) in [5.74, 6) is -2.17. The minimum Gasteiger partial charge on any atom is -0.343 e. The van der Waals surface area contributed by atoms with E-state index in [9.17, 15) is 31.4 Å². The van der Waals surface area contributed by atoms with E-state index in [1.807, 2.05) is 6.92 Å². The van der Waals surface area contributed by atoms with Crippen LogP contribution in [0, 0.1) is 17.3 Å². The molecule has 0 aliphatic rings. The molecule has 0 aromatic carbocycles. The molecule has 0 aliphatic carbocycles. The molecule has 0 unspecified atom stereocenters. The third-order valence-corrected chi connectivity index (χ3v) is 4.99. The van der Waals surface area contributed by atoms with Gasteiger partial charge in [-0.05, 0) is 36.5 Å². The first-order valence-corrected chi connectivity index (χ1v) is 9.59. The normalized spacial score (nSPS) is 15.3. The van der Waals surface area contributed by atoms with E-state index >= 15 is 0 Å². The molecule has 1 atom stereocenters. The van der Waals surface area contributed by atoms with Crippen molar-refractivity contribution in [1.82, 2.24) is 0 Å². The van der Waals surface area contributed by atoms with Crippen molar-refractivity contribution in [3.8, 4) is 0 Å². The van der Waals surface area contributed by atoms with Crippen LogP contribution in [0.25, 0.3) is 0 Å². The van der Waals surface area contributed by atoms with E-state index in [0.717, 1.165) is 19.3 Å². The lowest BCUT2D eigenvalue weighted by molar-refractivity contribution is -0.399. The predicted octanol–water partition coefficient (Wildman–Crippen LogP) is 6.45. The molecule has 0 saturated carbocycles. The first-order valence-electron chi connectivity index (χ1n) is 9.59. The molecule has 3 nitrogen and oxygen atoms in total. The smallest absolute Gasteiger partial charge is 0.343 e. The van der Waals surface area contributed by atoms with E-state index in [4.69, 9.17) is 0 Å². The zero-order valence-electron chi connectivity index (χ0n) is 17.3. The molecular formula is C19H34F6O3. The monoisotopic (exact) mass is 424 g/mol. The molecule has 28 heavy (non-hydrogen) atoms. The molecule has 0 amide bonds. The fraction of sp³-hybridized carbons (Fsp3) is 1.00.